The van der Waals surface area contributed by atoms with Gasteiger partial charge < -0.3 is 4.90 Å². The number of thiophene rings is 1. The van der Waals surface area contributed by atoms with Crippen LogP contribution in [-0.2, 0) is 11.0 Å². The van der Waals surface area contributed by atoms with Gasteiger partial charge in [-0.1, -0.05) is 6.58 Å². The summed E-state index contributed by atoms with van der Waals surface area (Å²) in [6.45, 7) is 5.44. The van der Waals surface area contributed by atoms with Crippen LogP contribution in [0.25, 0.3) is 5.70 Å². The van der Waals surface area contributed by atoms with Gasteiger partial charge in [0.1, 0.15) is 21.4 Å². The first-order valence-corrected chi connectivity index (χ1v) is 8.44. The number of nitrogens with one attached hydrogen (secondary N) is 1. The Morgan fingerprint density at radius 1 is 1.63 bits per heavy atom. The molecule has 0 saturated carbocycles. The lowest BCUT2D eigenvalue weighted by Crippen LogP contribution is -2.32. The fourth-order valence-corrected chi connectivity index (χ4v) is 4.65. The van der Waals surface area contributed by atoms with Gasteiger partial charge in [-0.05, 0) is 26.0 Å². The molecule has 1 saturated heterocycles. The predicted molar refractivity (Wildman–Crippen MR) is 81.8 cm³/mol. The molecule has 0 amide bonds. The maximum atomic E-state index is 13.1. The standard InChI is InChI=1S/C12H17FN2OS3/c1-8(15-5-3-9(13)4-6-15)11-7-10(17)12(18-11)19(16)14-2/h7,9,14,17H,1,3-6H2,2H3. The number of halogens is 1. The fourth-order valence-electron chi connectivity index (χ4n) is 2.01. The second-order valence-corrected chi connectivity index (χ2v) is 7.51. The number of rotatable bonds is 4. The second kappa shape index (κ2) is 6.39. The van der Waals surface area contributed by atoms with Crippen LogP contribution in [-0.4, -0.2) is 35.4 Å². The summed E-state index contributed by atoms with van der Waals surface area (Å²) in [5.74, 6) is 0. The summed E-state index contributed by atoms with van der Waals surface area (Å²) in [5, 5.41) is 0. The summed E-state index contributed by atoms with van der Waals surface area (Å²) in [6.07, 6.45) is 0.404. The highest BCUT2D eigenvalue weighted by Gasteiger charge is 2.22. The minimum atomic E-state index is -1.24. The molecule has 7 heteroatoms. The average Bonchev–Trinajstić information content (AvgIpc) is 2.80. The van der Waals surface area contributed by atoms with Gasteiger partial charge in [-0.15, -0.1) is 24.0 Å². The molecule has 0 radical (unpaired) electrons. The zero-order valence-corrected chi connectivity index (χ0v) is 13.2. The maximum Gasteiger partial charge on any atom is 0.136 e. The van der Waals surface area contributed by atoms with Crippen molar-refractivity contribution >= 4 is 40.6 Å². The minimum Gasteiger partial charge on any atom is -0.371 e. The van der Waals surface area contributed by atoms with Crippen LogP contribution in [0, 0.1) is 0 Å². The topological polar surface area (TPSA) is 32.3 Å². The highest BCUT2D eigenvalue weighted by atomic mass is 32.2. The van der Waals surface area contributed by atoms with Crippen molar-refractivity contribution in [2.24, 2.45) is 0 Å². The number of hydrogen-bond acceptors (Lipinski definition) is 4. The smallest absolute Gasteiger partial charge is 0.136 e. The molecular weight excluding hydrogens is 303 g/mol. The quantitative estimate of drug-likeness (QED) is 0.836. The van der Waals surface area contributed by atoms with E-state index in [2.05, 4.69) is 28.8 Å². The Bertz CT molecular complexity index is 495. The summed E-state index contributed by atoms with van der Waals surface area (Å²) in [5.41, 5.74) is 0.867. The van der Waals surface area contributed by atoms with Crippen LogP contribution in [0.15, 0.2) is 21.7 Å². The van der Waals surface area contributed by atoms with Crippen molar-refractivity contribution < 1.29 is 8.60 Å². The first-order valence-electron chi connectivity index (χ1n) is 6.03. The van der Waals surface area contributed by atoms with Gasteiger partial charge in [-0.3, -0.25) is 0 Å². The molecule has 0 bridgehead atoms. The van der Waals surface area contributed by atoms with Gasteiger partial charge in [0.25, 0.3) is 0 Å². The number of nitrogens with zero attached hydrogens (tertiary/aromatic N) is 1. The van der Waals surface area contributed by atoms with Crippen molar-refractivity contribution in [3.05, 3.63) is 17.5 Å². The van der Waals surface area contributed by atoms with E-state index in [0.717, 1.165) is 10.6 Å². The maximum absolute atomic E-state index is 13.1. The molecule has 2 heterocycles. The largest absolute Gasteiger partial charge is 0.371 e. The van der Waals surface area contributed by atoms with Gasteiger partial charge in [0.05, 0.1) is 4.88 Å². The molecular formula is C12H17FN2OS3. The monoisotopic (exact) mass is 320 g/mol. The molecule has 1 aromatic rings. The van der Waals surface area contributed by atoms with Gasteiger partial charge in [-0.2, -0.15) is 0 Å². The van der Waals surface area contributed by atoms with E-state index >= 15 is 0 Å². The molecule has 2 rings (SSSR count). The molecule has 3 nitrogen and oxygen atoms in total. The Morgan fingerprint density at radius 2 is 2.26 bits per heavy atom. The zero-order chi connectivity index (χ0) is 14.0. The molecule has 1 atom stereocenters. The third kappa shape index (κ3) is 3.39. The molecule has 1 unspecified atom stereocenters. The fraction of sp³-hybridized carbons (Fsp3) is 0.500. The molecule has 1 N–H and O–H groups in total. The van der Waals surface area contributed by atoms with Gasteiger partial charge >= 0.3 is 0 Å². The molecule has 106 valence electrons. The molecule has 0 aliphatic carbocycles. The highest BCUT2D eigenvalue weighted by molar-refractivity contribution is 7.87. The van der Waals surface area contributed by atoms with Crippen molar-refractivity contribution in [1.29, 1.82) is 0 Å². The SMILES string of the molecule is C=C(c1cc(S)c(S(=O)NC)s1)N1CCC(F)CC1. The lowest BCUT2D eigenvalue weighted by molar-refractivity contribution is 0.198. The van der Waals surface area contributed by atoms with E-state index in [1.165, 1.54) is 11.3 Å². The van der Waals surface area contributed by atoms with Crippen LogP contribution in [0.3, 0.4) is 0 Å². The van der Waals surface area contributed by atoms with E-state index in [1.54, 1.807) is 7.05 Å². The van der Waals surface area contributed by atoms with E-state index in [1.807, 2.05) is 6.07 Å². The third-order valence-corrected chi connectivity index (χ3v) is 6.39. The van der Waals surface area contributed by atoms with Crippen LogP contribution >= 0.6 is 24.0 Å². The molecule has 19 heavy (non-hydrogen) atoms. The first kappa shape index (κ1) is 15.0. The molecule has 0 spiro atoms. The van der Waals surface area contributed by atoms with Crippen molar-refractivity contribution in [1.82, 2.24) is 9.62 Å². The lowest BCUT2D eigenvalue weighted by atomic mass is 10.1. The van der Waals surface area contributed by atoms with Crippen molar-refractivity contribution in [3.8, 4) is 0 Å². The summed E-state index contributed by atoms with van der Waals surface area (Å²) in [4.78, 5) is 3.73. The molecule has 1 fully saturated rings. The Balaban J connectivity index is 2.13. The van der Waals surface area contributed by atoms with Gasteiger partial charge in [0.15, 0.2) is 0 Å². The zero-order valence-electron chi connectivity index (χ0n) is 10.7. The highest BCUT2D eigenvalue weighted by Crippen LogP contribution is 2.34. The minimum absolute atomic E-state index is 0.549. The lowest BCUT2D eigenvalue weighted by Gasteiger charge is -2.31. The van der Waals surface area contributed by atoms with E-state index in [9.17, 15) is 8.60 Å². The van der Waals surface area contributed by atoms with E-state index in [4.69, 9.17) is 0 Å². The Morgan fingerprint density at radius 3 is 2.84 bits per heavy atom. The number of likely N-dealkylation sites (tertiary alicyclic amines) is 1. The van der Waals surface area contributed by atoms with Crippen LogP contribution in [0.4, 0.5) is 4.39 Å². The van der Waals surface area contributed by atoms with Gasteiger partial charge in [0.2, 0.25) is 0 Å². The Hall–Kier alpha value is -0.370. The van der Waals surface area contributed by atoms with Crippen LogP contribution < -0.4 is 4.72 Å². The molecule has 1 aliphatic heterocycles. The second-order valence-electron chi connectivity index (χ2n) is 4.36. The molecule has 1 aliphatic rings. The number of thiol groups is 1. The summed E-state index contributed by atoms with van der Waals surface area (Å²) in [6, 6.07) is 1.88. The van der Waals surface area contributed by atoms with E-state index in [-0.39, 0.29) is 0 Å². The van der Waals surface area contributed by atoms with Crippen molar-refractivity contribution in [3.63, 3.8) is 0 Å². The summed E-state index contributed by atoms with van der Waals surface area (Å²) in [7, 11) is 0.407. The first-order chi connectivity index (χ1) is 9.02. The van der Waals surface area contributed by atoms with Crippen LogP contribution in [0.2, 0.25) is 0 Å². The van der Waals surface area contributed by atoms with Crippen LogP contribution in [0.1, 0.15) is 17.7 Å². The number of alkyl halides is 1. The predicted octanol–water partition coefficient (Wildman–Crippen LogP) is 2.68. The van der Waals surface area contributed by atoms with E-state index < -0.39 is 17.2 Å². The summed E-state index contributed by atoms with van der Waals surface area (Å²) >= 11 is 5.76. The van der Waals surface area contributed by atoms with E-state index in [0.29, 0.717) is 35.0 Å². The Kier molecular flexibility index (Phi) is 5.05. The molecule has 0 aromatic carbocycles. The molecule has 1 aromatic heterocycles. The number of piperidine rings is 1. The average molecular weight is 320 g/mol. The van der Waals surface area contributed by atoms with Gasteiger partial charge in [-0.25, -0.2) is 13.3 Å². The number of hydrogen-bond donors (Lipinski definition) is 2. The normalized spacial score (nSPS) is 18.6. The Labute approximate surface area is 124 Å². The third-order valence-electron chi connectivity index (χ3n) is 3.12. The summed E-state index contributed by atoms with van der Waals surface area (Å²) < 4.78 is 28.3. The van der Waals surface area contributed by atoms with Crippen molar-refractivity contribution in [2.75, 3.05) is 20.1 Å². The van der Waals surface area contributed by atoms with Gasteiger partial charge in [0, 0.05) is 23.7 Å². The van der Waals surface area contributed by atoms with Crippen molar-refractivity contribution in [2.45, 2.75) is 28.1 Å². The van der Waals surface area contributed by atoms with Crippen LogP contribution in [0.5, 0.6) is 0 Å².